The van der Waals surface area contributed by atoms with Crippen molar-refractivity contribution in [1.29, 1.82) is 0 Å². The molecule has 0 bridgehead atoms. The second-order valence-electron chi connectivity index (χ2n) is 6.51. The van der Waals surface area contributed by atoms with Crippen molar-refractivity contribution in [2.24, 2.45) is 0 Å². The van der Waals surface area contributed by atoms with E-state index < -0.39 is 0 Å². The first-order valence-electron chi connectivity index (χ1n) is 8.66. The number of urea groups is 1. The maximum atomic E-state index is 12.5. The van der Waals surface area contributed by atoms with E-state index in [1.165, 1.54) is 6.33 Å². The molecular formula is C18H25N5O2. The number of benzene rings is 1. The second kappa shape index (κ2) is 7.65. The van der Waals surface area contributed by atoms with Crippen LogP contribution >= 0.6 is 0 Å². The van der Waals surface area contributed by atoms with Crippen molar-refractivity contribution in [3.63, 3.8) is 0 Å². The molecule has 1 N–H and O–H groups in total. The monoisotopic (exact) mass is 343 g/mol. The van der Waals surface area contributed by atoms with Crippen LogP contribution in [0.2, 0.25) is 0 Å². The van der Waals surface area contributed by atoms with Gasteiger partial charge in [0.25, 0.3) is 0 Å². The Hall–Kier alpha value is -2.41. The standard InChI is InChI=1S/C18H25N5O2/c1-13(17-5-4-10-25-17)21-18(24)22(3)14(2)15-6-8-16(9-7-15)23-12-19-11-20-23/h6-9,11-14,17H,4-5,10H2,1-3H3,(H,21,24). The molecule has 0 radical (unpaired) electrons. The topological polar surface area (TPSA) is 72.3 Å². The summed E-state index contributed by atoms with van der Waals surface area (Å²) in [5.74, 6) is 0. The number of aromatic nitrogens is 3. The molecular weight excluding hydrogens is 318 g/mol. The zero-order chi connectivity index (χ0) is 17.8. The van der Waals surface area contributed by atoms with Crippen molar-refractivity contribution in [2.75, 3.05) is 13.7 Å². The van der Waals surface area contributed by atoms with Crippen LogP contribution in [0, 0.1) is 0 Å². The molecule has 0 spiro atoms. The molecule has 3 rings (SSSR count). The summed E-state index contributed by atoms with van der Waals surface area (Å²) in [5, 5.41) is 7.16. The molecule has 3 atom stereocenters. The molecule has 1 aliphatic rings. The predicted molar refractivity (Wildman–Crippen MR) is 94.5 cm³/mol. The summed E-state index contributed by atoms with van der Waals surface area (Å²) >= 11 is 0. The van der Waals surface area contributed by atoms with Crippen molar-refractivity contribution in [3.05, 3.63) is 42.5 Å². The summed E-state index contributed by atoms with van der Waals surface area (Å²) in [4.78, 5) is 18.2. The Morgan fingerprint density at radius 3 is 2.72 bits per heavy atom. The first-order valence-corrected chi connectivity index (χ1v) is 8.66. The Labute approximate surface area is 148 Å². The lowest BCUT2D eigenvalue weighted by Gasteiger charge is -2.29. The Morgan fingerprint density at radius 1 is 1.36 bits per heavy atom. The maximum absolute atomic E-state index is 12.5. The van der Waals surface area contributed by atoms with E-state index in [0.717, 1.165) is 30.7 Å². The van der Waals surface area contributed by atoms with E-state index in [9.17, 15) is 4.79 Å². The fraction of sp³-hybridized carbons (Fsp3) is 0.500. The third-order valence-corrected chi connectivity index (χ3v) is 4.83. The highest BCUT2D eigenvalue weighted by Gasteiger charge is 2.26. The molecule has 2 amide bonds. The lowest BCUT2D eigenvalue weighted by atomic mass is 10.1. The van der Waals surface area contributed by atoms with Gasteiger partial charge in [0.15, 0.2) is 0 Å². The average Bonchev–Trinajstić information content (AvgIpc) is 3.33. The number of nitrogens with zero attached hydrogens (tertiary/aromatic N) is 4. The molecule has 25 heavy (non-hydrogen) atoms. The number of rotatable bonds is 5. The Balaban J connectivity index is 1.61. The van der Waals surface area contributed by atoms with E-state index in [4.69, 9.17) is 4.74 Å². The highest BCUT2D eigenvalue weighted by Crippen LogP contribution is 2.21. The number of amides is 2. The largest absolute Gasteiger partial charge is 0.376 e. The molecule has 1 saturated heterocycles. The van der Waals surface area contributed by atoms with Gasteiger partial charge in [0, 0.05) is 13.7 Å². The van der Waals surface area contributed by atoms with Crippen LogP contribution in [0.5, 0.6) is 0 Å². The van der Waals surface area contributed by atoms with Gasteiger partial charge in [0.2, 0.25) is 0 Å². The normalized spacial score (nSPS) is 19.4. The van der Waals surface area contributed by atoms with Crippen LogP contribution in [0.25, 0.3) is 5.69 Å². The van der Waals surface area contributed by atoms with Crippen molar-refractivity contribution in [1.82, 2.24) is 25.0 Å². The van der Waals surface area contributed by atoms with E-state index in [-0.39, 0.29) is 24.2 Å². The summed E-state index contributed by atoms with van der Waals surface area (Å²) < 4.78 is 7.34. The summed E-state index contributed by atoms with van der Waals surface area (Å²) in [5.41, 5.74) is 2.00. The highest BCUT2D eigenvalue weighted by atomic mass is 16.5. The lowest BCUT2D eigenvalue weighted by Crippen LogP contribution is -2.47. The quantitative estimate of drug-likeness (QED) is 0.905. The van der Waals surface area contributed by atoms with Crippen molar-refractivity contribution in [2.45, 2.75) is 44.9 Å². The lowest BCUT2D eigenvalue weighted by molar-refractivity contribution is 0.0830. The van der Waals surface area contributed by atoms with Gasteiger partial charge in [-0.15, -0.1) is 0 Å². The van der Waals surface area contributed by atoms with Gasteiger partial charge in [-0.25, -0.2) is 14.5 Å². The molecule has 1 aromatic carbocycles. The molecule has 1 aliphatic heterocycles. The Kier molecular flexibility index (Phi) is 5.33. The molecule has 2 aromatic rings. The number of carbonyl (C=O) groups is 1. The van der Waals surface area contributed by atoms with Crippen molar-refractivity contribution in [3.8, 4) is 5.69 Å². The van der Waals surface area contributed by atoms with Crippen LogP contribution in [-0.4, -0.2) is 51.5 Å². The van der Waals surface area contributed by atoms with Crippen LogP contribution in [0.15, 0.2) is 36.9 Å². The number of hydrogen-bond donors (Lipinski definition) is 1. The van der Waals surface area contributed by atoms with E-state index in [2.05, 4.69) is 15.4 Å². The molecule has 7 heteroatoms. The predicted octanol–water partition coefficient (Wildman–Crippen LogP) is 2.54. The molecule has 3 unspecified atom stereocenters. The van der Waals surface area contributed by atoms with Gasteiger partial charge in [0.1, 0.15) is 12.7 Å². The molecule has 1 fully saturated rings. The SMILES string of the molecule is CC(NC(=O)N(C)C(C)c1ccc(-n2cncn2)cc1)C1CCCO1. The van der Waals surface area contributed by atoms with E-state index in [1.54, 1.807) is 15.9 Å². The highest BCUT2D eigenvalue weighted by molar-refractivity contribution is 5.74. The fourth-order valence-corrected chi connectivity index (χ4v) is 3.03. The summed E-state index contributed by atoms with van der Waals surface area (Å²) in [6.45, 7) is 4.80. The third-order valence-electron chi connectivity index (χ3n) is 4.83. The van der Waals surface area contributed by atoms with Crippen molar-refractivity contribution >= 4 is 6.03 Å². The van der Waals surface area contributed by atoms with Crippen LogP contribution in [0.1, 0.15) is 38.3 Å². The smallest absolute Gasteiger partial charge is 0.317 e. The first-order chi connectivity index (χ1) is 12.1. The number of carbonyl (C=O) groups excluding carboxylic acids is 1. The van der Waals surface area contributed by atoms with Crippen LogP contribution in [-0.2, 0) is 4.74 Å². The number of hydrogen-bond acceptors (Lipinski definition) is 4. The minimum atomic E-state index is -0.0872. The molecule has 1 aromatic heterocycles. The van der Waals surface area contributed by atoms with Gasteiger partial charge in [0.05, 0.1) is 23.9 Å². The van der Waals surface area contributed by atoms with Crippen LogP contribution in [0.4, 0.5) is 4.79 Å². The number of ether oxygens (including phenoxy) is 1. The third kappa shape index (κ3) is 3.99. The number of nitrogens with one attached hydrogen (secondary N) is 1. The summed E-state index contributed by atoms with van der Waals surface area (Å²) in [7, 11) is 1.81. The Bertz CT molecular complexity index is 680. The van der Waals surface area contributed by atoms with Gasteiger partial charge >= 0.3 is 6.03 Å². The van der Waals surface area contributed by atoms with Gasteiger partial charge in [-0.2, -0.15) is 5.10 Å². The Morgan fingerprint density at radius 2 is 2.12 bits per heavy atom. The fourth-order valence-electron chi connectivity index (χ4n) is 3.03. The zero-order valence-corrected chi connectivity index (χ0v) is 14.9. The van der Waals surface area contributed by atoms with Crippen LogP contribution in [0.3, 0.4) is 0 Å². The van der Waals surface area contributed by atoms with E-state index in [0.29, 0.717) is 0 Å². The summed E-state index contributed by atoms with van der Waals surface area (Å²) in [6, 6.07) is 7.85. The molecule has 134 valence electrons. The second-order valence-corrected chi connectivity index (χ2v) is 6.51. The average molecular weight is 343 g/mol. The van der Waals surface area contributed by atoms with E-state index in [1.807, 2.05) is 45.2 Å². The maximum Gasteiger partial charge on any atom is 0.317 e. The zero-order valence-electron chi connectivity index (χ0n) is 14.9. The molecule has 2 heterocycles. The van der Waals surface area contributed by atoms with Gasteiger partial charge in [-0.1, -0.05) is 12.1 Å². The minimum Gasteiger partial charge on any atom is -0.376 e. The minimum absolute atomic E-state index is 0.0133. The van der Waals surface area contributed by atoms with Crippen molar-refractivity contribution < 1.29 is 9.53 Å². The molecule has 7 nitrogen and oxygen atoms in total. The first kappa shape index (κ1) is 17.4. The van der Waals surface area contributed by atoms with Gasteiger partial charge < -0.3 is 15.0 Å². The van der Waals surface area contributed by atoms with Crippen LogP contribution < -0.4 is 5.32 Å². The molecule has 0 aliphatic carbocycles. The van der Waals surface area contributed by atoms with E-state index >= 15 is 0 Å². The molecule has 0 saturated carbocycles. The van der Waals surface area contributed by atoms with Gasteiger partial charge in [-0.05, 0) is 44.4 Å². The summed E-state index contributed by atoms with van der Waals surface area (Å²) in [6.07, 6.45) is 5.35. The van der Waals surface area contributed by atoms with Gasteiger partial charge in [-0.3, -0.25) is 0 Å².